The van der Waals surface area contributed by atoms with Crippen molar-refractivity contribution in [1.82, 2.24) is 29.1 Å². The van der Waals surface area contributed by atoms with Crippen LogP contribution in [0, 0.1) is 6.92 Å². The first kappa shape index (κ1) is 22.5. The number of nitrogens with one attached hydrogen (secondary N) is 1. The van der Waals surface area contributed by atoms with Crippen molar-refractivity contribution in [3.8, 4) is 11.1 Å². The normalized spacial score (nSPS) is 12.9. The standard InChI is InChI=1S/C24H20F3N7O/c1-13(15-5-4-6-17(9-15)24(25,26)27)29-21-19-11-18(16-7-8-33(3)20(35)10-16)23-32-28-12-34(23)22(19)31-14(2)30-21/h4-13H,1-3H3,(H,29,30,31)/t13-/m1/s1. The average molecular weight is 479 g/mol. The molecule has 5 rings (SSSR count). The molecule has 0 aliphatic rings. The Morgan fingerprint density at radius 1 is 1.06 bits per heavy atom. The molecule has 0 bridgehead atoms. The Morgan fingerprint density at radius 2 is 1.86 bits per heavy atom. The lowest BCUT2D eigenvalue weighted by atomic mass is 10.0. The Bertz CT molecular complexity index is 1640. The number of nitrogens with zero attached hydrogens (tertiary/aromatic N) is 6. The fourth-order valence-electron chi connectivity index (χ4n) is 3.98. The third kappa shape index (κ3) is 4.09. The van der Waals surface area contributed by atoms with E-state index in [1.807, 2.05) is 6.07 Å². The first-order valence-corrected chi connectivity index (χ1v) is 10.7. The van der Waals surface area contributed by atoms with Crippen molar-refractivity contribution in [2.24, 2.45) is 7.05 Å². The number of hydrogen-bond donors (Lipinski definition) is 1. The van der Waals surface area contributed by atoms with Crippen LogP contribution < -0.4 is 10.9 Å². The van der Waals surface area contributed by atoms with E-state index in [0.717, 1.165) is 12.1 Å². The lowest BCUT2D eigenvalue weighted by molar-refractivity contribution is -0.137. The van der Waals surface area contributed by atoms with Gasteiger partial charge < -0.3 is 9.88 Å². The smallest absolute Gasteiger partial charge is 0.363 e. The van der Waals surface area contributed by atoms with Crippen LogP contribution in [0.2, 0.25) is 0 Å². The van der Waals surface area contributed by atoms with E-state index < -0.39 is 17.8 Å². The summed E-state index contributed by atoms with van der Waals surface area (Å²) >= 11 is 0. The third-order valence-electron chi connectivity index (χ3n) is 5.83. The number of benzene rings is 1. The number of alkyl halides is 3. The molecule has 0 saturated carbocycles. The molecule has 11 heteroatoms. The zero-order valence-electron chi connectivity index (χ0n) is 19.0. The SMILES string of the molecule is Cc1nc(N[C@H](C)c2cccc(C(F)(F)F)c2)c2cc(-c3ccn(C)c(=O)c3)c3nncn3c2n1. The highest BCUT2D eigenvalue weighted by Gasteiger charge is 2.30. The molecule has 35 heavy (non-hydrogen) atoms. The monoisotopic (exact) mass is 479 g/mol. The van der Waals surface area contributed by atoms with Crippen molar-refractivity contribution < 1.29 is 13.2 Å². The molecule has 0 radical (unpaired) electrons. The molecule has 0 aliphatic heterocycles. The van der Waals surface area contributed by atoms with Crippen molar-refractivity contribution in [2.75, 3.05) is 5.32 Å². The molecule has 0 aliphatic carbocycles. The molecule has 0 unspecified atom stereocenters. The lowest BCUT2D eigenvalue weighted by Crippen LogP contribution is -2.14. The van der Waals surface area contributed by atoms with Gasteiger partial charge in [0.25, 0.3) is 5.56 Å². The van der Waals surface area contributed by atoms with E-state index in [9.17, 15) is 18.0 Å². The van der Waals surface area contributed by atoms with Gasteiger partial charge in [-0.25, -0.2) is 9.97 Å². The molecular weight excluding hydrogens is 459 g/mol. The van der Waals surface area contributed by atoms with Crippen LogP contribution in [-0.4, -0.2) is 29.1 Å². The second kappa shape index (κ2) is 8.19. The van der Waals surface area contributed by atoms with Crippen LogP contribution in [0.5, 0.6) is 0 Å². The lowest BCUT2D eigenvalue weighted by Gasteiger charge is -2.19. The number of pyridine rings is 2. The van der Waals surface area contributed by atoms with Gasteiger partial charge >= 0.3 is 6.18 Å². The van der Waals surface area contributed by atoms with Gasteiger partial charge in [0.2, 0.25) is 0 Å². The van der Waals surface area contributed by atoms with E-state index in [4.69, 9.17) is 0 Å². The highest BCUT2D eigenvalue weighted by molar-refractivity contribution is 5.95. The summed E-state index contributed by atoms with van der Waals surface area (Å²) in [5, 5.41) is 12.1. The molecular formula is C24H20F3N7O. The number of halogens is 3. The first-order chi connectivity index (χ1) is 16.6. The fourth-order valence-corrected chi connectivity index (χ4v) is 3.98. The van der Waals surface area contributed by atoms with E-state index in [2.05, 4.69) is 25.5 Å². The van der Waals surface area contributed by atoms with E-state index in [1.54, 1.807) is 43.6 Å². The maximum absolute atomic E-state index is 13.2. The van der Waals surface area contributed by atoms with Crippen LogP contribution in [-0.2, 0) is 13.2 Å². The maximum atomic E-state index is 13.2. The molecule has 178 valence electrons. The summed E-state index contributed by atoms with van der Waals surface area (Å²) < 4.78 is 42.8. The summed E-state index contributed by atoms with van der Waals surface area (Å²) in [6.45, 7) is 3.49. The summed E-state index contributed by atoms with van der Waals surface area (Å²) in [6, 6.07) is 9.80. The van der Waals surface area contributed by atoms with Gasteiger partial charge in [-0.15, -0.1) is 10.2 Å². The summed E-state index contributed by atoms with van der Waals surface area (Å²) in [5.74, 6) is 0.908. The largest absolute Gasteiger partial charge is 0.416 e. The molecule has 4 heterocycles. The van der Waals surface area contributed by atoms with Gasteiger partial charge in [-0.1, -0.05) is 12.1 Å². The molecule has 0 amide bonds. The van der Waals surface area contributed by atoms with Crippen LogP contribution in [0.1, 0.15) is 29.9 Å². The summed E-state index contributed by atoms with van der Waals surface area (Å²) in [4.78, 5) is 21.3. The Hall–Kier alpha value is -4.28. The van der Waals surface area contributed by atoms with Gasteiger partial charge in [0.15, 0.2) is 11.3 Å². The predicted molar refractivity (Wildman–Crippen MR) is 125 cm³/mol. The van der Waals surface area contributed by atoms with Crippen molar-refractivity contribution in [3.05, 3.63) is 82.3 Å². The van der Waals surface area contributed by atoms with Gasteiger partial charge in [-0.3, -0.25) is 9.20 Å². The van der Waals surface area contributed by atoms with E-state index in [0.29, 0.717) is 45.0 Å². The molecule has 8 nitrogen and oxygen atoms in total. The van der Waals surface area contributed by atoms with Crippen LogP contribution in [0.25, 0.3) is 27.8 Å². The van der Waals surface area contributed by atoms with Crippen molar-refractivity contribution in [3.63, 3.8) is 0 Å². The summed E-state index contributed by atoms with van der Waals surface area (Å²) in [5.41, 5.74) is 1.90. The first-order valence-electron chi connectivity index (χ1n) is 10.7. The highest BCUT2D eigenvalue weighted by Crippen LogP contribution is 2.34. The molecule has 4 aromatic heterocycles. The minimum absolute atomic E-state index is 0.183. The average Bonchev–Trinajstić information content (AvgIpc) is 3.30. The Kier molecular flexibility index (Phi) is 5.27. The molecule has 1 aromatic carbocycles. The van der Waals surface area contributed by atoms with Gasteiger partial charge in [-0.2, -0.15) is 13.2 Å². The third-order valence-corrected chi connectivity index (χ3v) is 5.83. The second-order valence-electron chi connectivity index (χ2n) is 8.29. The van der Waals surface area contributed by atoms with Crippen molar-refractivity contribution in [1.29, 1.82) is 0 Å². The molecule has 1 atom stereocenters. The van der Waals surface area contributed by atoms with E-state index in [1.165, 1.54) is 23.0 Å². The topological polar surface area (TPSA) is 90.0 Å². The van der Waals surface area contributed by atoms with Crippen LogP contribution in [0.3, 0.4) is 0 Å². The fraction of sp³-hybridized carbons (Fsp3) is 0.208. The quantitative estimate of drug-likeness (QED) is 0.407. The Labute approximate surface area is 197 Å². The van der Waals surface area contributed by atoms with Crippen LogP contribution >= 0.6 is 0 Å². The minimum atomic E-state index is -4.43. The molecule has 0 saturated heterocycles. The van der Waals surface area contributed by atoms with E-state index in [-0.39, 0.29) is 5.56 Å². The highest BCUT2D eigenvalue weighted by atomic mass is 19.4. The second-order valence-corrected chi connectivity index (χ2v) is 8.29. The predicted octanol–water partition coefficient (Wildman–Crippen LogP) is 4.54. The Balaban J connectivity index is 1.66. The zero-order valence-corrected chi connectivity index (χ0v) is 19.0. The number of aryl methyl sites for hydroxylation is 2. The molecule has 0 spiro atoms. The number of rotatable bonds is 4. The minimum Gasteiger partial charge on any atom is -0.363 e. The number of fused-ring (bicyclic) bond motifs is 3. The van der Waals surface area contributed by atoms with E-state index >= 15 is 0 Å². The molecule has 0 fully saturated rings. The zero-order chi connectivity index (χ0) is 24.9. The summed E-state index contributed by atoms with van der Waals surface area (Å²) in [6.07, 6.45) is -1.25. The molecule has 1 N–H and O–H groups in total. The van der Waals surface area contributed by atoms with Gasteiger partial charge in [0.1, 0.15) is 18.0 Å². The van der Waals surface area contributed by atoms with Gasteiger partial charge in [0.05, 0.1) is 10.9 Å². The molecule has 5 aromatic rings. The van der Waals surface area contributed by atoms with Crippen LogP contribution in [0.4, 0.5) is 19.0 Å². The number of aromatic nitrogens is 6. The van der Waals surface area contributed by atoms with Crippen molar-refractivity contribution >= 4 is 22.5 Å². The van der Waals surface area contributed by atoms with Gasteiger partial charge in [-0.05, 0) is 49.2 Å². The number of hydrogen-bond acceptors (Lipinski definition) is 6. The Morgan fingerprint density at radius 3 is 2.60 bits per heavy atom. The number of anilines is 1. The van der Waals surface area contributed by atoms with Crippen LogP contribution in [0.15, 0.2) is 59.8 Å². The van der Waals surface area contributed by atoms with Crippen molar-refractivity contribution in [2.45, 2.75) is 26.1 Å². The van der Waals surface area contributed by atoms with Gasteiger partial charge in [0, 0.05) is 30.9 Å². The maximum Gasteiger partial charge on any atom is 0.416 e. The summed E-state index contributed by atoms with van der Waals surface area (Å²) in [7, 11) is 1.66.